The van der Waals surface area contributed by atoms with Gasteiger partial charge >= 0.3 is 0 Å². The molecule has 2 aromatic rings. The van der Waals surface area contributed by atoms with Gasteiger partial charge in [-0.3, -0.25) is 9.69 Å². The Labute approximate surface area is 118 Å². The summed E-state index contributed by atoms with van der Waals surface area (Å²) in [6.07, 6.45) is 1.79. The van der Waals surface area contributed by atoms with E-state index in [9.17, 15) is 4.79 Å². The van der Waals surface area contributed by atoms with E-state index in [4.69, 9.17) is 4.74 Å². The number of ether oxygens (including phenoxy) is 1. The fourth-order valence-corrected chi connectivity index (χ4v) is 2.34. The molecule has 0 atom stereocenters. The van der Waals surface area contributed by atoms with Gasteiger partial charge in [0.2, 0.25) is 0 Å². The number of likely N-dealkylation sites (N-methyl/N-ethyl adjacent to an activating group) is 1. The highest BCUT2D eigenvalue weighted by atomic mass is 16.5. The van der Waals surface area contributed by atoms with Gasteiger partial charge < -0.3 is 4.74 Å². The molecule has 4 heteroatoms. The maximum absolute atomic E-state index is 11.6. The molecule has 1 aliphatic heterocycles. The number of aromatic nitrogens is 1. The van der Waals surface area contributed by atoms with E-state index in [0.29, 0.717) is 11.6 Å². The van der Waals surface area contributed by atoms with Crippen molar-refractivity contribution >= 4 is 11.7 Å². The van der Waals surface area contributed by atoms with Crippen LogP contribution < -0.4 is 9.64 Å². The summed E-state index contributed by atoms with van der Waals surface area (Å²) in [7, 11) is 1.72. The van der Waals surface area contributed by atoms with Crippen LogP contribution in [0, 0.1) is 13.8 Å². The average Bonchev–Trinajstić information content (AvgIpc) is 2.45. The first-order valence-corrected chi connectivity index (χ1v) is 6.53. The van der Waals surface area contributed by atoms with Gasteiger partial charge in [-0.25, -0.2) is 4.98 Å². The lowest BCUT2D eigenvalue weighted by Crippen LogP contribution is -2.36. The SMILES string of the molecule is Cc1ccc(C)c(-c2cnc3c(c2)OCC(=O)N3C)c1. The molecule has 0 spiro atoms. The minimum Gasteiger partial charge on any atom is -0.480 e. The van der Waals surface area contributed by atoms with Crippen LogP contribution in [-0.2, 0) is 4.79 Å². The first-order chi connectivity index (χ1) is 9.56. The zero-order valence-electron chi connectivity index (χ0n) is 11.8. The minimum atomic E-state index is -0.0792. The normalized spacial score (nSPS) is 13.9. The molecule has 102 valence electrons. The standard InChI is InChI=1S/C16H16N2O2/c1-10-4-5-11(2)13(6-10)12-7-14-16(17-8-12)18(3)15(19)9-20-14/h4-8H,9H2,1-3H3. The number of aryl methyl sites for hydroxylation is 2. The lowest BCUT2D eigenvalue weighted by Gasteiger charge is -2.25. The first kappa shape index (κ1) is 12.7. The van der Waals surface area contributed by atoms with Crippen LogP contribution in [0.2, 0.25) is 0 Å². The Morgan fingerprint density at radius 2 is 2.05 bits per heavy atom. The Balaban J connectivity index is 2.09. The summed E-state index contributed by atoms with van der Waals surface area (Å²) >= 11 is 0. The summed E-state index contributed by atoms with van der Waals surface area (Å²) in [5.41, 5.74) is 4.55. The zero-order chi connectivity index (χ0) is 14.3. The Morgan fingerprint density at radius 1 is 1.25 bits per heavy atom. The van der Waals surface area contributed by atoms with Crippen LogP contribution in [0.5, 0.6) is 5.75 Å². The number of carbonyl (C=O) groups is 1. The molecule has 2 heterocycles. The molecule has 1 aliphatic rings. The topological polar surface area (TPSA) is 42.4 Å². The van der Waals surface area contributed by atoms with Crippen molar-refractivity contribution in [1.82, 2.24) is 4.98 Å². The highest BCUT2D eigenvalue weighted by Crippen LogP contribution is 2.34. The molecule has 0 aliphatic carbocycles. The van der Waals surface area contributed by atoms with Crippen molar-refractivity contribution in [1.29, 1.82) is 0 Å². The van der Waals surface area contributed by atoms with Gasteiger partial charge in [-0.1, -0.05) is 23.8 Å². The quantitative estimate of drug-likeness (QED) is 0.798. The summed E-state index contributed by atoms with van der Waals surface area (Å²) in [5.74, 6) is 1.16. The van der Waals surface area contributed by atoms with E-state index < -0.39 is 0 Å². The monoisotopic (exact) mass is 268 g/mol. The van der Waals surface area contributed by atoms with Crippen LogP contribution in [0.15, 0.2) is 30.5 Å². The number of nitrogens with zero attached hydrogens (tertiary/aromatic N) is 2. The average molecular weight is 268 g/mol. The molecule has 1 aromatic heterocycles. The number of anilines is 1. The summed E-state index contributed by atoms with van der Waals surface area (Å²) in [5, 5.41) is 0. The number of amides is 1. The van der Waals surface area contributed by atoms with Crippen LogP contribution in [0.3, 0.4) is 0 Å². The minimum absolute atomic E-state index is 0.0709. The maximum atomic E-state index is 11.6. The number of rotatable bonds is 1. The maximum Gasteiger partial charge on any atom is 0.265 e. The van der Waals surface area contributed by atoms with Crippen molar-refractivity contribution in [3.63, 3.8) is 0 Å². The van der Waals surface area contributed by atoms with Crippen molar-refractivity contribution in [3.05, 3.63) is 41.6 Å². The second-order valence-electron chi connectivity index (χ2n) is 5.11. The molecule has 0 unspecified atom stereocenters. The second-order valence-corrected chi connectivity index (χ2v) is 5.11. The van der Waals surface area contributed by atoms with E-state index in [0.717, 1.165) is 11.1 Å². The highest BCUT2D eigenvalue weighted by molar-refractivity contribution is 5.96. The molecule has 0 saturated carbocycles. The van der Waals surface area contributed by atoms with Crippen LogP contribution in [0.1, 0.15) is 11.1 Å². The van der Waals surface area contributed by atoms with E-state index >= 15 is 0 Å². The van der Waals surface area contributed by atoms with Gasteiger partial charge in [0.1, 0.15) is 0 Å². The van der Waals surface area contributed by atoms with Crippen molar-refractivity contribution in [3.8, 4) is 16.9 Å². The van der Waals surface area contributed by atoms with Gasteiger partial charge in [0.25, 0.3) is 5.91 Å². The van der Waals surface area contributed by atoms with E-state index in [1.54, 1.807) is 13.2 Å². The van der Waals surface area contributed by atoms with Gasteiger partial charge in [-0.2, -0.15) is 0 Å². The van der Waals surface area contributed by atoms with Crippen molar-refractivity contribution in [2.75, 3.05) is 18.6 Å². The molecular formula is C16H16N2O2. The van der Waals surface area contributed by atoms with Gasteiger partial charge in [-0.15, -0.1) is 0 Å². The summed E-state index contributed by atoms with van der Waals surface area (Å²) in [6.45, 7) is 4.21. The molecule has 0 fully saturated rings. The van der Waals surface area contributed by atoms with Crippen molar-refractivity contribution in [2.24, 2.45) is 0 Å². The van der Waals surface area contributed by atoms with Crippen LogP contribution >= 0.6 is 0 Å². The lowest BCUT2D eigenvalue weighted by atomic mass is 9.99. The van der Waals surface area contributed by atoms with Gasteiger partial charge in [-0.05, 0) is 31.0 Å². The summed E-state index contributed by atoms with van der Waals surface area (Å²) in [6, 6.07) is 8.28. The molecule has 0 N–H and O–H groups in total. The molecule has 3 rings (SSSR count). The van der Waals surface area contributed by atoms with Crippen LogP contribution in [0.4, 0.5) is 5.82 Å². The fourth-order valence-electron chi connectivity index (χ4n) is 2.34. The molecule has 4 nitrogen and oxygen atoms in total. The van der Waals surface area contributed by atoms with E-state index in [2.05, 4.69) is 37.0 Å². The Hall–Kier alpha value is -2.36. The zero-order valence-corrected chi connectivity index (χ0v) is 11.8. The number of pyridine rings is 1. The summed E-state index contributed by atoms with van der Waals surface area (Å²) < 4.78 is 5.48. The molecular weight excluding hydrogens is 252 g/mol. The number of hydrogen-bond acceptors (Lipinski definition) is 3. The lowest BCUT2D eigenvalue weighted by molar-refractivity contribution is -0.121. The number of carbonyl (C=O) groups excluding carboxylic acids is 1. The second kappa shape index (κ2) is 4.63. The molecule has 0 saturated heterocycles. The van der Waals surface area contributed by atoms with Crippen molar-refractivity contribution in [2.45, 2.75) is 13.8 Å². The van der Waals surface area contributed by atoms with Crippen molar-refractivity contribution < 1.29 is 9.53 Å². The van der Waals surface area contributed by atoms with Gasteiger partial charge in [0, 0.05) is 18.8 Å². The first-order valence-electron chi connectivity index (χ1n) is 6.53. The highest BCUT2D eigenvalue weighted by Gasteiger charge is 2.24. The predicted octanol–water partition coefficient (Wildman–Crippen LogP) is 2.72. The Kier molecular flexibility index (Phi) is 2.93. The van der Waals surface area contributed by atoms with E-state index in [-0.39, 0.29) is 12.5 Å². The molecule has 20 heavy (non-hydrogen) atoms. The van der Waals surface area contributed by atoms with Crippen LogP contribution in [0.25, 0.3) is 11.1 Å². The van der Waals surface area contributed by atoms with Gasteiger partial charge in [0.15, 0.2) is 18.2 Å². The molecule has 1 amide bonds. The van der Waals surface area contributed by atoms with E-state index in [1.165, 1.54) is 16.0 Å². The third-order valence-corrected chi connectivity index (χ3v) is 3.58. The molecule has 0 radical (unpaired) electrons. The largest absolute Gasteiger partial charge is 0.480 e. The third kappa shape index (κ3) is 2.03. The Morgan fingerprint density at radius 3 is 2.85 bits per heavy atom. The number of hydrogen-bond donors (Lipinski definition) is 0. The number of fused-ring (bicyclic) bond motifs is 1. The third-order valence-electron chi connectivity index (χ3n) is 3.58. The Bertz CT molecular complexity index is 695. The molecule has 1 aromatic carbocycles. The smallest absolute Gasteiger partial charge is 0.265 e. The predicted molar refractivity (Wildman–Crippen MR) is 78.1 cm³/mol. The molecule has 0 bridgehead atoms. The number of benzene rings is 1. The van der Waals surface area contributed by atoms with E-state index in [1.807, 2.05) is 6.07 Å². The summed E-state index contributed by atoms with van der Waals surface area (Å²) in [4.78, 5) is 17.5. The van der Waals surface area contributed by atoms with Gasteiger partial charge in [0.05, 0.1) is 0 Å². The fraction of sp³-hybridized carbons (Fsp3) is 0.250. The van der Waals surface area contributed by atoms with Crippen LogP contribution in [-0.4, -0.2) is 24.5 Å².